The highest BCUT2D eigenvalue weighted by atomic mass is 32.1. The molecule has 0 aliphatic carbocycles. The van der Waals surface area contributed by atoms with Crippen LogP contribution in [0.2, 0.25) is 0 Å². The highest BCUT2D eigenvalue weighted by Crippen LogP contribution is 2.22. The Hall–Kier alpha value is -0.970. The van der Waals surface area contributed by atoms with E-state index in [2.05, 4.69) is 16.0 Å². The lowest BCUT2D eigenvalue weighted by atomic mass is 10.1. The fourth-order valence-electron chi connectivity index (χ4n) is 1.93. The first-order valence-electron chi connectivity index (χ1n) is 5.69. The van der Waals surface area contributed by atoms with E-state index in [4.69, 9.17) is 0 Å². The highest BCUT2D eigenvalue weighted by molar-refractivity contribution is 7.18. The summed E-state index contributed by atoms with van der Waals surface area (Å²) in [6, 6.07) is 8.16. The quantitative estimate of drug-likeness (QED) is 0.905. The van der Waals surface area contributed by atoms with Gasteiger partial charge in [0.25, 0.3) is 0 Å². The smallest absolute Gasteiger partial charge is 0.108 e. The Morgan fingerprint density at radius 2 is 2.06 bits per heavy atom. The van der Waals surface area contributed by atoms with Gasteiger partial charge < -0.3 is 5.11 Å². The molecule has 17 heavy (non-hydrogen) atoms. The molecule has 0 aliphatic rings. The maximum Gasteiger partial charge on any atom is 0.108 e. The average molecular weight is 250 g/mol. The molecule has 0 atom stereocenters. The molecule has 0 fully saturated rings. The SMILES string of the molecule is CN(Cc1nc2ccccc2s1)CC(C)(C)O. The zero-order valence-corrected chi connectivity index (χ0v) is 11.3. The van der Waals surface area contributed by atoms with Gasteiger partial charge in [-0.25, -0.2) is 4.98 Å². The second-order valence-corrected chi connectivity index (χ2v) is 6.18. The standard InChI is InChI=1S/C13H18N2OS/c1-13(2,16)9-15(3)8-12-14-10-6-4-5-7-11(10)17-12/h4-7,16H,8-9H2,1-3H3. The second kappa shape index (κ2) is 4.72. The van der Waals surface area contributed by atoms with Crippen LogP contribution in [0.5, 0.6) is 0 Å². The van der Waals surface area contributed by atoms with Crippen LogP contribution in [0.15, 0.2) is 24.3 Å². The van der Waals surface area contributed by atoms with Crippen LogP contribution in [0, 0.1) is 0 Å². The number of hydrogen-bond donors (Lipinski definition) is 1. The third kappa shape index (κ3) is 3.49. The Morgan fingerprint density at radius 1 is 1.35 bits per heavy atom. The minimum atomic E-state index is -0.661. The molecule has 0 amide bonds. The highest BCUT2D eigenvalue weighted by Gasteiger charge is 2.16. The van der Waals surface area contributed by atoms with Gasteiger partial charge in [-0.2, -0.15) is 0 Å². The molecule has 4 heteroatoms. The number of nitrogens with zero attached hydrogens (tertiary/aromatic N) is 2. The molecule has 0 unspecified atom stereocenters. The van der Waals surface area contributed by atoms with Crippen molar-refractivity contribution in [3.8, 4) is 0 Å². The third-order valence-corrected chi connectivity index (χ3v) is 3.42. The largest absolute Gasteiger partial charge is 0.389 e. The van der Waals surface area contributed by atoms with Crippen LogP contribution in [0.3, 0.4) is 0 Å². The normalized spacial score (nSPS) is 12.5. The summed E-state index contributed by atoms with van der Waals surface area (Å²) in [5.41, 5.74) is 0.398. The molecule has 2 rings (SSSR count). The van der Waals surface area contributed by atoms with Crippen molar-refractivity contribution in [3.05, 3.63) is 29.3 Å². The van der Waals surface area contributed by atoms with Crippen LogP contribution in [0.1, 0.15) is 18.9 Å². The third-order valence-electron chi connectivity index (χ3n) is 2.40. The van der Waals surface area contributed by atoms with Gasteiger partial charge in [0.2, 0.25) is 0 Å². The number of para-hydroxylation sites is 1. The van der Waals surface area contributed by atoms with E-state index >= 15 is 0 Å². The summed E-state index contributed by atoms with van der Waals surface area (Å²) >= 11 is 1.72. The first-order valence-corrected chi connectivity index (χ1v) is 6.51. The van der Waals surface area contributed by atoms with Gasteiger partial charge in [-0.1, -0.05) is 12.1 Å². The number of aromatic nitrogens is 1. The summed E-state index contributed by atoms with van der Waals surface area (Å²) in [4.78, 5) is 6.67. The number of benzene rings is 1. The molecule has 3 nitrogen and oxygen atoms in total. The Bertz CT molecular complexity index is 468. The Morgan fingerprint density at radius 3 is 2.71 bits per heavy atom. The van der Waals surface area contributed by atoms with Crippen molar-refractivity contribution in [2.24, 2.45) is 0 Å². The summed E-state index contributed by atoms with van der Waals surface area (Å²) in [5.74, 6) is 0. The van der Waals surface area contributed by atoms with Crippen LogP contribution >= 0.6 is 11.3 Å². The van der Waals surface area contributed by atoms with Crippen molar-refractivity contribution < 1.29 is 5.11 Å². The molecule has 0 saturated heterocycles. The van der Waals surface area contributed by atoms with E-state index in [1.165, 1.54) is 4.70 Å². The summed E-state index contributed by atoms with van der Waals surface area (Å²) in [6.45, 7) is 5.07. The molecule has 92 valence electrons. The maximum atomic E-state index is 9.75. The van der Waals surface area contributed by atoms with Crippen LogP contribution in [-0.4, -0.2) is 34.2 Å². The minimum absolute atomic E-state index is 0.642. The molecule has 0 aliphatic heterocycles. The molecule has 1 heterocycles. The van der Waals surface area contributed by atoms with Gasteiger partial charge in [-0.15, -0.1) is 11.3 Å². The van der Waals surface area contributed by atoms with Gasteiger partial charge in [0.05, 0.1) is 22.4 Å². The number of likely N-dealkylation sites (N-methyl/N-ethyl adjacent to an activating group) is 1. The lowest BCUT2D eigenvalue weighted by Gasteiger charge is -2.24. The lowest BCUT2D eigenvalue weighted by molar-refractivity contribution is 0.0425. The number of aliphatic hydroxyl groups is 1. The van der Waals surface area contributed by atoms with Crippen molar-refractivity contribution in [2.45, 2.75) is 26.0 Å². The average Bonchev–Trinajstić information content (AvgIpc) is 2.55. The van der Waals surface area contributed by atoms with Gasteiger partial charge in [-0.05, 0) is 33.0 Å². The van der Waals surface area contributed by atoms with Gasteiger partial charge >= 0.3 is 0 Å². The molecule has 0 saturated carbocycles. The first kappa shape index (κ1) is 12.5. The monoisotopic (exact) mass is 250 g/mol. The van der Waals surface area contributed by atoms with Gasteiger partial charge in [0.1, 0.15) is 5.01 Å². The maximum absolute atomic E-state index is 9.75. The molecule has 0 radical (unpaired) electrons. The zero-order chi connectivity index (χ0) is 12.5. The topological polar surface area (TPSA) is 36.4 Å². The fourth-order valence-corrected chi connectivity index (χ4v) is 2.98. The Labute approximate surface area is 106 Å². The van der Waals surface area contributed by atoms with E-state index in [1.54, 1.807) is 11.3 Å². The van der Waals surface area contributed by atoms with Gasteiger partial charge in [0.15, 0.2) is 0 Å². The molecule has 1 aromatic carbocycles. The van der Waals surface area contributed by atoms with Gasteiger partial charge in [-0.3, -0.25) is 4.90 Å². The number of thiazole rings is 1. The first-order chi connectivity index (χ1) is 7.94. The van der Waals surface area contributed by atoms with Crippen LogP contribution in [0.25, 0.3) is 10.2 Å². The summed E-state index contributed by atoms with van der Waals surface area (Å²) in [6.07, 6.45) is 0. The van der Waals surface area contributed by atoms with Crippen LogP contribution < -0.4 is 0 Å². The molecule has 0 spiro atoms. The van der Waals surface area contributed by atoms with Crippen molar-refractivity contribution in [3.63, 3.8) is 0 Å². The molecule has 0 bridgehead atoms. The van der Waals surface area contributed by atoms with E-state index in [0.29, 0.717) is 6.54 Å². The Balaban J connectivity index is 2.08. The van der Waals surface area contributed by atoms with E-state index < -0.39 is 5.60 Å². The van der Waals surface area contributed by atoms with Crippen LogP contribution in [0.4, 0.5) is 0 Å². The summed E-state index contributed by atoms with van der Waals surface area (Å²) in [5, 5.41) is 10.8. The molecular weight excluding hydrogens is 232 g/mol. The second-order valence-electron chi connectivity index (χ2n) is 5.06. The Kier molecular flexibility index (Phi) is 3.47. The van der Waals surface area contributed by atoms with Crippen molar-refractivity contribution in [2.75, 3.05) is 13.6 Å². The molecular formula is C13H18N2OS. The van der Waals surface area contributed by atoms with Crippen molar-refractivity contribution in [1.82, 2.24) is 9.88 Å². The minimum Gasteiger partial charge on any atom is -0.389 e. The predicted molar refractivity (Wildman–Crippen MR) is 72.3 cm³/mol. The van der Waals surface area contributed by atoms with Gasteiger partial charge in [0, 0.05) is 6.54 Å². The van der Waals surface area contributed by atoms with Crippen LogP contribution in [-0.2, 0) is 6.54 Å². The number of fused-ring (bicyclic) bond motifs is 1. The predicted octanol–water partition coefficient (Wildman–Crippen LogP) is 2.50. The fraction of sp³-hybridized carbons (Fsp3) is 0.462. The van der Waals surface area contributed by atoms with Crippen molar-refractivity contribution >= 4 is 21.6 Å². The lowest BCUT2D eigenvalue weighted by Crippen LogP contribution is -2.35. The number of rotatable bonds is 4. The molecule has 1 aromatic heterocycles. The number of hydrogen-bond acceptors (Lipinski definition) is 4. The van der Waals surface area contributed by atoms with E-state index in [1.807, 2.05) is 39.1 Å². The van der Waals surface area contributed by atoms with E-state index in [9.17, 15) is 5.11 Å². The van der Waals surface area contributed by atoms with Crippen molar-refractivity contribution in [1.29, 1.82) is 0 Å². The summed E-state index contributed by atoms with van der Waals surface area (Å²) < 4.78 is 1.22. The summed E-state index contributed by atoms with van der Waals surface area (Å²) in [7, 11) is 2.00. The van der Waals surface area contributed by atoms with E-state index in [-0.39, 0.29) is 0 Å². The van der Waals surface area contributed by atoms with E-state index in [0.717, 1.165) is 17.1 Å². The molecule has 2 aromatic rings. The zero-order valence-electron chi connectivity index (χ0n) is 10.5. The molecule has 1 N–H and O–H groups in total.